The van der Waals surface area contributed by atoms with Gasteiger partial charge in [-0.05, 0) is 0 Å². The molecular weight excluding hydrogens is 426 g/mol. The first-order chi connectivity index (χ1) is 5.66. The van der Waals surface area contributed by atoms with Crippen LogP contribution in [0.5, 0.6) is 0 Å². The summed E-state index contributed by atoms with van der Waals surface area (Å²) in [6.07, 6.45) is 0. The van der Waals surface area contributed by atoms with E-state index in [0.717, 1.165) is 0 Å². The molecule has 0 saturated carbocycles. The van der Waals surface area contributed by atoms with Crippen LogP contribution in [0.1, 0.15) is 0 Å². The smallest absolute Gasteiger partial charge is 0.665 e. The second kappa shape index (κ2) is 107. The zero-order valence-corrected chi connectivity index (χ0v) is 15.3. The predicted molar refractivity (Wildman–Crippen MR) is 39.0 cm³/mol. The summed E-state index contributed by atoms with van der Waals surface area (Å²) in [7, 11) is 0. The van der Waals surface area contributed by atoms with E-state index in [9.17, 15) is 0 Å². The van der Waals surface area contributed by atoms with Gasteiger partial charge >= 0.3 is 76.2 Å². The molecule has 0 fully saturated rings. The average molecular weight is 430 g/mol. The molecule has 0 bridgehead atoms. The Kier molecular flexibility index (Phi) is 280. The maximum Gasteiger partial charge on any atom is 2.00 e. The van der Waals surface area contributed by atoms with Crippen molar-refractivity contribution in [1.82, 2.24) is 0 Å². The fourth-order valence-electron chi connectivity index (χ4n) is 0. The molecule has 0 unspecified atom stereocenters. The summed E-state index contributed by atoms with van der Waals surface area (Å²) < 4.78 is 0. The summed E-state index contributed by atoms with van der Waals surface area (Å²) in [6.45, 7) is 2.00. The third kappa shape index (κ3) is 11500. The average Bonchev–Trinajstić information content (AvgIpc) is 1.92. The van der Waals surface area contributed by atoms with Gasteiger partial charge in [-0.3, -0.25) is 0 Å². The van der Waals surface area contributed by atoms with Crippen LogP contribution < -0.4 is 0 Å². The molecule has 0 aliphatic rings. The van der Waals surface area contributed by atoms with E-state index in [0.29, 0.717) is 25.9 Å². The normalized spacial score (nSPS) is 3.43. The standard InChI is InChI=1S/4CHO2.Ba.Cd/c4*2-1-3;;/h4*(H,2,3);;/q4*-1;2*+2. The minimum Gasteiger partial charge on any atom is -0.665 e. The van der Waals surface area contributed by atoms with E-state index in [2.05, 4.69) is 0 Å². The number of hydrogen-bond acceptors (Lipinski definition) is 4. The number of hydrogen-bond donors (Lipinski definition) is 4. The number of rotatable bonds is 0. The van der Waals surface area contributed by atoms with Crippen LogP contribution in [0, 0.1) is 0 Å². The van der Waals surface area contributed by atoms with Crippen molar-refractivity contribution in [3.63, 3.8) is 0 Å². The molecule has 0 heterocycles. The van der Waals surface area contributed by atoms with Crippen LogP contribution in [0.4, 0.5) is 0 Å². The van der Waals surface area contributed by atoms with Gasteiger partial charge in [-0.15, -0.1) is 0 Å². The third-order valence-electron chi connectivity index (χ3n) is 0. The molecule has 0 aromatic rings. The van der Waals surface area contributed by atoms with Gasteiger partial charge in [0.2, 0.25) is 0 Å². The van der Waals surface area contributed by atoms with Gasteiger partial charge in [-0.25, -0.2) is 0 Å². The van der Waals surface area contributed by atoms with Gasteiger partial charge in [-0.2, -0.15) is 0 Å². The number of aliphatic hydroxyl groups excluding tert-OH is 4. The molecule has 0 radical (unpaired) electrons. The molecule has 8 nitrogen and oxygen atoms in total. The van der Waals surface area contributed by atoms with Gasteiger partial charge in [-0.1, -0.05) is 25.9 Å². The van der Waals surface area contributed by atoms with Crippen molar-refractivity contribution in [3.8, 4) is 0 Å². The summed E-state index contributed by atoms with van der Waals surface area (Å²) >= 11 is 0. The van der Waals surface area contributed by atoms with Gasteiger partial charge in [0.25, 0.3) is 0 Å². The van der Waals surface area contributed by atoms with Crippen molar-refractivity contribution in [2.45, 2.75) is 0 Å². The topological polar surface area (TPSA) is 149 Å². The Morgan fingerprint density at radius 3 is 0.571 bits per heavy atom. The third-order valence-corrected chi connectivity index (χ3v) is 0. The van der Waals surface area contributed by atoms with Crippen LogP contribution in [0.25, 0.3) is 0 Å². The van der Waals surface area contributed by atoms with E-state index >= 15 is 0 Å². The zero-order valence-electron chi connectivity index (χ0n) is 6.84. The SMILES string of the molecule is O=[C-]O.O=[C-]O.O=[C-]O.O=[C-]O.[Ba+2].[Cd+2]. The van der Waals surface area contributed by atoms with E-state index in [1.807, 2.05) is 0 Å². The molecule has 0 aliphatic heterocycles. The van der Waals surface area contributed by atoms with Crippen molar-refractivity contribution in [2.75, 3.05) is 0 Å². The summed E-state index contributed by atoms with van der Waals surface area (Å²) in [4.78, 5) is 32.9. The molecule has 0 rings (SSSR count). The molecule has 14 heavy (non-hydrogen) atoms. The van der Waals surface area contributed by atoms with Crippen molar-refractivity contribution < 1.29 is 66.9 Å². The van der Waals surface area contributed by atoms with Crippen LogP contribution in [-0.2, 0) is 46.5 Å². The van der Waals surface area contributed by atoms with Crippen molar-refractivity contribution in [3.05, 3.63) is 0 Å². The van der Waals surface area contributed by atoms with Crippen molar-refractivity contribution in [2.24, 2.45) is 0 Å². The molecule has 0 aromatic carbocycles. The van der Waals surface area contributed by atoms with Crippen LogP contribution in [0.3, 0.4) is 0 Å². The maximum absolute atomic E-state index is 8.24. The van der Waals surface area contributed by atoms with Crippen LogP contribution in [-0.4, -0.2) is 95.2 Å². The monoisotopic (exact) mass is 432 g/mol. The van der Waals surface area contributed by atoms with Crippen molar-refractivity contribution in [1.29, 1.82) is 0 Å². The minimum absolute atomic E-state index is 0. The first kappa shape index (κ1) is 36.7. The summed E-state index contributed by atoms with van der Waals surface area (Å²) in [5.41, 5.74) is 0. The van der Waals surface area contributed by atoms with Gasteiger partial charge < -0.3 is 39.6 Å². The van der Waals surface area contributed by atoms with Crippen LogP contribution in [0.2, 0.25) is 0 Å². The Morgan fingerprint density at radius 1 is 0.571 bits per heavy atom. The van der Waals surface area contributed by atoms with E-state index < -0.39 is 0 Å². The molecule has 72 valence electrons. The summed E-state index contributed by atoms with van der Waals surface area (Å²) in [5, 5.41) is 27.1. The molecule has 0 saturated heterocycles. The summed E-state index contributed by atoms with van der Waals surface area (Å²) in [6, 6.07) is 0. The predicted octanol–water partition coefficient (Wildman–Crippen LogP) is -1.94. The Morgan fingerprint density at radius 2 is 0.571 bits per heavy atom. The molecule has 0 aliphatic carbocycles. The molecule has 0 atom stereocenters. The van der Waals surface area contributed by atoms with Gasteiger partial charge in [0.1, 0.15) is 0 Å². The van der Waals surface area contributed by atoms with E-state index in [-0.39, 0.29) is 76.2 Å². The van der Waals surface area contributed by atoms with E-state index in [1.54, 1.807) is 0 Å². The minimum atomic E-state index is 0. The molecule has 4 N–H and O–H groups in total. The summed E-state index contributed by atoms with van der Waals surface area (Å²) in [5.74, 6) is 0. The Hall–Kier alpha value is 0.374. The fraction of sp³-hybridized carbons (Fsp3) is 0. The maximum atomic E-state index is 8.24. The molecule has 0 amide bonds. The van der Waals surface area contributed by atoms with E-state index in [4.69, 9.17) is 39.6 Å². The first-order valence-electron chi connectivity index (χ1n) is 1.71. The largest absolute Gasteiger partial charge is 2.00 e. The van der Waals surface area contributed by atoms with Crippen LogP contribution >= 0.6 is 0 Å². The Balaban J connectivity index is -0.0000000145. The molecular formula is C4H4BaCdO8. The zero-order chi connectivity index (χ0) is 10.8. The van der Waals surface area contributed by atoms with Crippen LogP contribution in [0.15, 0.2) is 0 Å². The Labute approximate surface area is 140 Å². The fourth-order valence-corrected chi connectivity index (χ4v) is 0. The van der Waals surface area contributed by atoms with Crippen molar-refractivity contribution >= 4 is 74.8 Å². The van der Waals surface area contributed by atoms with Gasteiger partial charge in [0, 0.05) is 0 Å². The van der Waals surface area contributed by atoms with Gasteiger partial charge in [0.05, 0.1) is 0 Å². The second-order valence-electron chi connectivity index (χ2n) is 0.365. The van der Waals surface area contributed by atoms with Gasteiger partial charge in [0.15, 0.2) is 0 Å². The molecule has 10 heteroatoms. The quantitative estimate of drug-likeness (QED) is 0.257. The second-order valence-corrected chi connectivity index (χ2v) is 0.365. The first-order valence-corrected chi connectivity index (χ1v) is 1.71. The van der Waals surface area contributed by atoms with E-state index in [1.165, 1.54) is 0 Å². The Bertz CT molecular complexity index is 75.3. The molecule has 0 aromatic heterocycles. The molecule has 0 spiro atoms.